The molecule has 2 heterocycles. The highest BCUT2D eigenvalue weighted by Gasteiger charge is 2.18. The average molecular weight is 593 g/mol. The molecular formula is C33H44N4O6. The van der Waals surface area contributed by atoms with Crippen LogP contribution in [0.1, 0.15) is 91.3 Å². The Morgan fingerprint density at radius 1 is 0.628 bits per heavy atom. The van der Waals surface area contributed by atoms with Crippen molar-refractivity contribution < 1.29 is 28.7 Å². The number of anilines is 2. The lowest BCUT2D eigenvalue weighted by Gasteiger charge is -2.12. The minimum Gasteiger partial charge on any atom is -0.376 e. The first-order valence-electron chi connectivity index (χ1n) is 15.6. The Morgan fingerprint density at radius 2 is 1.07 bits per heavy atom. The van der Waals surface area contributed by atoms with Crippen LogP contribution in [0.3, 0.4) is 0 Å². The van der Waals surface area contributed by atoms with E-state index in [2.05, 4.69) is 21.3 Å². The van der Waals surface area contributed by atoms with E-state index in [-0.39, 0.29) is 35.8 Å². The first-order chi connectivity index (χ1) is 21.0. The number of carbonyl (C=O) groups is 4. The zero-order chi connectivity index (χ0) is 30.3. The highest BCUT2D eigenvalue weighted by Crippen LogP contribution is 2.16. The van der Waals surface area contributed by atoms with Gasteiger partial charge in [0.1, 0.15) is 0 Å². The first-order valence-corrected chi connectivity index (χ1v) is 15.6. The van der Waals surface area contributed by atoms with E-state index in [0.717, 1.165) is 71.0 Å². The molecule has 2 aliphatic rings. The number of ether oxygens (including phenoxy) is 2. The SMILES string of the molecule is O=C(CCCCCCCC(=O)Nc1cccc(C(=O)NCC2CCCO2)c1)Nc1cccc(C(=O)NCC2CCCO2)c1. The summed E-state index contributed by atoms with van der Waals surface area (Å²) in [7, 11) is 0. The molecule has 2 aromatic rings. The standard InChI is InChI=1S/C33H44N4O6/c38-30(36-26-12-6-10-24(20-26)32(40)34-22-28-14-8-18-42-28)16-4-2-1-3-5-17-31(39)37-27-13-7-11-25(21-27)33(41)35-23-29-15-9-19-43-29/h6-7,10-13,20-21,28-29H,1-5,8-9,14-19,22-23H2,(H,34,40)(H,35,41)(H,36,38)(H,37,39). The van der Waals surface area contributed by atoms with Crippen molar-refractivity contribution >= 4 is 35.0 Å². The Balaban J connectivity index is 1.05. The Labute approximate surface area is 253 Å². The number of unbranched alkanes of at least 4 members (excludes halogenated alkanes) is 4. The van der Waals surface area contributed by atoms with Gasteiger partial charge in [0, 0.05) is 61.6 Å². The lowest BCUT2D eigenvalue weighted by molar-refractivity contribution is -0.117. The summed E-state index contributed by atoms with van der Waals surface area (Å²) < 4.78 is 11.1. The molecule has 2 aliphatic heterocycles. The fourth-order valence-electron chi connectivity index (χ4n) is 5.25. The maximum absolute atomic E-state index is 12.4. The smallest absolute Gasteiger partial charge is 0.251 e. The number of carbonyl (C=O) groups excluding carboxylic acids is 4. The minimum atomic E-state index is -0.179. The number of rotatable bonds is 16. The van der Waals surface area contributed by atoms with Crippen molar-refractivity contribution in [2.75, 3.05) is 36.9 Å². The van der Waals surface area contributed by atoms with E-state index in [9.17, 15) is 19.2 Å². The van der Waals surface area contributed by atoms with Crippen molar-refractivity contribution in [3.8, 4) is 0 Å². The van der Waals surface area contributed by atoms with Crippen LogP contribution in [0.25, 0.3) is 0 Å². The average Bonchev–Trinajstić information content (AvgIpc) is 3.73. The van der Waals surface area contributed by atoms with E-state index in [4.69, 9.17) is 9.47 Å². The molecule has 2 saturated heterocycles. The largest absolute Gasteiger partial charge is 0.376 e. The number of nitrogens with one attached hydrogen (secondary N) is 4. The fraction of sp³-hybridized carbons (Fsp3) is 0.515. The van der Waals surface area contributed by atoms with Gasteiger partial charge in [-0.25, -0.2) is 0 Å². The highest BCUT2D eigenvalue weighted by molar-refractivity contribution is 5.98. The third kappa shape index (κ3) is 11.4. The molecule has 0 aromatic heterocycles. The van der Waals surface area contributed by atoms with Crippen LogP contribution in [0.4, 0.5) is 11.4 Å². The van der Waals surface area contributed by atoms with Crippen molar-refractivity contribution in [1.82, 2.24) is 10.6 Å². The lowest BCUT2D eigenvalue weighted by atomic mass is 10.1. The molecule has 10 heteroatoms. The Hall–Kier alpha value is -3.76. The second-order valence-corrected chi connectivity index (χ2v) is 11.2. The topological polar surface area (TPSA) is 135 Å². The molecular weight excluding hydrogens is 548 g/mol. The molecule has 43 heavy (non-hydrogen) atoms. The highest BCUT2D eigenvalue weighted by atomic mass is 16.5. The predicted molar refractivity (Wildman–Crippen MR) is 165 cm³/mol. The molecule has 2 fully saturated rings. The monoisotopic (exact) mass is 592 g/mol. The zero-order valence-corrected chi connectivity index (χ0v) is 24.8. The van der Waals surface area contributed by atoms with Crippen LogP contribution in [0.15, 0.2) is 48.5 Å². The molecule has 2 unspecified atom stereocenters. The number of hydrogen-bond donors (Lipinski definition) is 4. The summed E-state index contributed by atoms with van der Waals surface area (Å²) >= 11 is 0. The van der Waals surface area contributed by atoms with Gasteiger partial charge in [0.2, 0.25) is 11.8 Å². The van der Waals surface area contributed by atoms with Crippen LogP contribution in [-0.2, 0) is 19.1 Å². The van der Waals surface area contributed by atoms with Crippen LogP contribution in [0, 0.1) is 0 Å². The summed E-state index contributed by atoms with van der Waals surface area (Å²) in [4.78, 5) is 49.7. The van der Waals surface area contributed by atoms with Crippen molar-refractivity contribution in [3.05, 3.63) is 59.7 Å². The lowest BCUT2D eigenvalue weighted by Crippen LogP contribution is -2.31. The molecule has 10 nitrogen and oxygen atoms in total. The maximum Gasteiger partial charge on any atom is 0.251 e. The molecule has 4 N–H and O–H groups in total. The van der Waals surface area contributed by atoms with Gasteiger partial charge in [0.15, 0.2) is 0 Å². The first kappa shape index (κ1) is 32.2. The second-order valence-electron chi connectivity index (χ2n) is 11.2. The summed E-state index contributed by atoms with van der Waals surface area (Å²) in [6.07, 6.45) is 9.13. The van der Waals surface area contributed by atoms with Gasteiger partial charge in [-0.2, -0.15) is 0 Å². The van der Waals surface area contributed by atoms with E-state index in [1.54, 1.807) is 48.5 Å². The van der Waals surface area contributed by atoms with Gasteiger partial charge < -0.3 is 30.7 Å². The minimum absolute atomic E-state index is 0.0786. The number of amides is 4. The summed E-state index contributed by atoms with van der Waals surface area (Å²) in [5, 5.41) is 11.6. The molecule has 0 radical (unpaired) electrons. The Bertz CT molecular complexity index is 1130. The van der Waals surface area contributed by atoms with E-state index in [0.29, 0.717) is 48.4 Å². The molecule has 0 spiro atoms. The van der Waals surface area contributed by atoms with E-state index >= 15 is 0 Å². The second kappa shape index (κ2) is 17.4. The van der Waals surface area contributed by atoms with Crippen LogP contribution in [-0.4, -0.2) is 62.1 Å². The number of benzene rings is 2. The summed E-state index contributed by atoms with van der Waals surface area (Å²) in [6, 6.07) is 13.9. The molecule has 2 atom stereocenters. The van der Waals surface area contributed by atoms with Gasteiger partial charge in [-0.1, -0.05) is 31.4 Å². The van der Waals surface area contributed by atoms with Crippen LogP contribution in [0.2, 0.25) is 0 Å². The molecule has 0 saturated carbocycles. The van der Waals surface area contributed by atoms with Gasteiger partial charge in [-0.3, -0.25) is 19.2 Å². The van der Waals surface area contributed by atoms with Crippen molar-refractivity contribution in [3.63, 3.8) is 0 Å². The maximum atomic E-state index is 12.4. The Kier molecular flexibility index (Phi) is 13.0. The van der Waals surface area contributed by atoms with Crippen molar-refractivity contribution in [2.45, 2.75) is 82.8 Å². The van der Waals surface area contributed by atoms with Gasteiger partial charge in [-0.15, -0.1) is 0 Å². The zero-order valence-electron chi connectivity index (χ0n) is 24.8. The third-order valence-corrected chi connectivity index (χ3v) is 7.65. The normalized spacial score (nSPS) is 17.8. The molecule has 2 aromatic carbocycles. The molecule has 0 aliphatic carbocycles. The predicted octanol–water partition coefficient (Wildman–Crippen LogP) is 4.81. The molecule has 232 valence electrons. The fourth-order valence-corrected chi connectivity index (χ4v) is 5.25. The molecule has 0 bridgehead atoms. The van der Waals surface area contributed by atoms with E-state index < -0.39 is 0 Å². The van der Waals surface area contributed by atoms with E-state index in [1.807, 2.05) is 0 Å². The third-order valence-electron chi connectivity index (χ3n) is 7.65. The van der Waals surface area contributed by atoms with Crippen LogP contribution < -0.4 is 21.3 Å². The number of hydrogen-bond acceptors (Lipinski definition) is 6. The Morgan fingerprint density at radius 3 is 1.49 bits per heavy atom. The van der Waals surface area contributed by atoms with Gasteiger partial charge >= 0.3 is 0 Å². The van der Waals surface area contributed by atoms with Gasteiger partial charge in [0.05, 0.1) is 12.2 Å². The van der Waals surface area contributed by atoms with E-state index in [1.165, 1.54) is 0 Å². The quantitative estimate of drug-likeness (QED) is 0.207. The van der Waals surface area contributed by atoms with Crippen molar-refractivity contribution in [1.29, 1.82) is 0 Å². The van der Waals surface area contributed by atoms with Gasteiger partial charge in [0.25, 0.3) is 11.8 Å². The summed E-state index contributed by atoms with van der Waals surface area (Å²) in [6.45, 7) is 2.47. The summed E-state index contributed by atoms with van der Waals surface area (Å²) in [5.41, 5.74) is 2.21. The summed E-state index contributed by atoms with van der Waals surface area (Å²) in [5.74, 6) is -0.526. The van der Waals surface area contributed by atoms with Crippen molar-refractivity contribution in [2.24, 2.45) is 0 Å². The molecule has 4 amide bonds. The van der Waals surface area contributed by atoms with Crippen LogP contribution in [0.5, 0.6) is 0 Å². The van der Waals surface area contributed by atoms with Crippen LogP contribution >= 0.6 is 0 Å². The van der Waals surface area contributed by atoms with Gasteiger partial charge in [-0.05, 0) is 74.9 Å². The molecule has 4 rings (SSSR count).